The van der Waals surface area contributed by atoms with E-state index in [1.807, 2.05) is 0 Å². The highest BCUT2D eigenvalue weighted by molar-refractivity contribution is 5.84. The quantitative estimate of drug-likeness (QED) is 0.363. The highest BCUT2D eigenvalue weighted by atomic mass is 16.3. The lowest BCUT2D eigenvalue weighted by Crippen LogP contribution is -2.46. The van der Waals surface area contributed by atoms with Crippen LogP contribution in [0.15, 0.2) is 36.4 Å². The summed E-state index contributed by atoms with van der Waals surface area (Å²) in [5, 5.41) is 14.3. The molecule has 1 heterocycles. The maximum Gasteiger partial charge on any atom is 0.0728 e. The highest BCUT2D eigenvalue weighted by Crippen LogP contribution is 2.41. The second kappa shape index (κ2) is 14.4. The van der Waals surface area contributed by atoms with Crippen molar-refractivity contribution in [2.24, 2.45) is 5.92 Å². The van der Waals surface area contributed by atoms with E-state index in [-0.39, 0.29) is 5.92 Å². The Morgan fingerprint density at radius 3 is 2.11 bits per heavy atom. The first-order valence-electron chi connectivity index (χ1n) is 15.0. The van der Waals surface area contributed by atoms with Crippen LogP contribution in [0.2, 0.25) is 0 Å². The lowest BCUT2D eigenvalue weighted by molar-refractivity contribution is -0.0329. The average Bonchev–Trinajstić information content (AvgIpc) is 2.89. The van der Waals surface area contributed by atoms with Crippen LogP contribution in [-0.2, 0) is 6.42 Å². The molecule has 2 aliphatic rings. The molecule has 0 bridgehead atoms. The molecule has 4 rings (SSSR count). The van der Waals surface area contributed by atoms with Crippen molar-refractivity contribution in [1.29, 1.82) is 0 Å². The van der Waals surface area contributed by atoms with Crippen molar-refractivity contribution in [3.63, 3.8) is 0 Å². The van der Waals surface area contributed by atoms with Gasteiger partial charge in [0.15, 0.2) is 0 Å². The third-order valence-electron chi connectivity index (χ3n) is 8.63. The van der Waals surface area contributed by atoms with Crippen molar-refractivity contribution in [3.8, 4) is 0 Å². The number of nitrogens with zero attached hydrogens (tertiary/aromatic N) is 1. The Morgan fingerprint density at radius 1 is 0.857 bits per heavy atom. The molecule has 2 fully saturated rings. The molecule has 0 spiro atoms. The van der Waals surface area contributed by atoms with Crippen molar-refractivity contribution in [2.45, 2.75) is 123 Å². The minimum absolute atomic E-state index is 0.219. The fourth-order valence-corrected chi connectivity index (χ4v) is 6.03. The van der Waals surface area contributed by atoms with Crippen LogP contribution in [0, 0.1) is 5.92 Å². The van der Waals surface area contributed by atoms with Crippen LogP contribution < -0.4 is 0 Å². The molecule has 1 N–H and O–H groups in total. The van der Waals surface area contributed by atoms with Crippen LogP contribution >= 0.6 is 0 Å². The summed E-state index contributed by atoms with van der Waals surface area (Å²) in [7, 11) is 0. The fraction of sp³-hybridized carbons (Fsp3) is 0.697. The Kier molecular flexibility index (Phi) is 11.6. The highest BCUT2D eigenvalue weighted by Gasteiger charge is 2.39. The number of rotatable bonds is 9. The van der Waals surface area contributed by atoms with Gasteiger partial charge in [0.25, 0.3) is 0 Å². The van der Waals surface area contributed by atoms with Crippen molar-refractivity contribution in [3.05, 3.63) is 47.5 Å². The maximum atomic E-state index is 11.7. The van der Waals surface area contributed by atoms with E-state index in [1.165, 1.54) is 86.4 Å². The van der Waals surface area contributed by atoms with Crippen molar-refractivity contribution >= 4 is 10.8 Å². The minimum Gasteiger partial charge on any atom is -0.389 e. The predicted molar refractivity (Wildman–Crippen MR) is 153 cm³/mol. The Balaban J connectivity index is 0.000000429. The van der Waals surface area contributed by atoms with Gasteiger partial charge in [-0.2, -0.15) is 0 Å². The fourth-order valence-electron chi connectivity index (χ4n) is 6.03. The van der Waals surface area contributed by atoms with Gasteiger partial charge in [-0.25, -0.2) is 0 Å². The first-order valence-corrected chi connectivity index (χ1v) is 15.0. The van der Waals surface area contributed by atoms with Crippen molar-refractivity contribution in [1.82, 2.24) is 4.90 Å². The number of likely N-dealkylation sites (tertiary alicyclic amines) is 1. The Morgan fingerprint density at radius 2 is 1.49 bits per heavy atom. The molecule has 0 amide bonds. The van der Waals surface area contributed by atoms with E-state index >= 15 is 0 Å². The lowest BCUT2D eigenvalue weighted by atomic mass is 9.72. The van der Waals surface area contributed by atoms with Crippen LogP contribution in [-0.4, -0.2) is 35.2 Å². The van der Waals surface area contributed by atoms with Gasteiger partial charge in [0.2, 0.25) is 0 Å². The third-order valence-corrected chi connectivity index (χ3v) is 8.63. The summed E-state index contributed by atoms with van der Waals surface area (Å²) in [6.07, 6.45) is 16.2. The normalized spacial score (nSPS) is 19.8. The topological polar surface area (TPSA) is 23.5 Å². The van der Waals surface area contributed by atoms with Crippen molar-refractivity contribution in [2.75, 3.05) is 19.6 Å². The summed E-state index contributed by atoms with van der Waals surface area (Å²) in [5.41, 5.74) is 2.18. The zero-order valence-electron chi connectivity index (χ0n) is 23.3. The van der Waals surface area contributed by atoms with E-state index in [2.05, 4.69) is 69.0 Å². The molecule has 1 saturated heterocycles. The number of hydrogen-bond donors (Lipinski definition) is 1. The van der Waals surface area contributed by atoms with Gasteiger partial charge in [0.1, 0.15) is 0 Å². The van der Waals surface area contributed by atoms with Crippen LogP contribution in [0.5, 0.6) is 0 Å². The van der Waals surface area contributed by atoms with Gasteiger partial charge < -0.3 is 10.0 Å². The van der Waals surface area contributed by atoms with E-state index in [0.29, 0.717) is 0 Å². The Hall–Kier alpha value is -1.38. The summed E-state index contributed by atoms with van der Waals surface area (Å²) in [6.45, 7) is 12.4. The lowest BCUT2D eigenvalue weighted by Gasteiger charge is -2.43. The molecule has 1 unspecified atom stereocenters. The minimum atomic E-state index is -0.543. The van der Waals surface area contributed by atoms with Crippen LogP contribution in [0.4, 0.5) is 0 Å². The van der Waals surface area contributed by atoms with E-state index < -0.39 is 5.60 Å². The molecular formula is C33H53NO. The maximum absolute atomic E-state index is 11.7. The molecule has 196 valence electrons. The molecule has 0 radical (unpaired) electrons. The number of aryl methyl sites for hydroxylation is 1. The molecule has 1 aliphatic carbocycles. The van der Waals surface area contributed by atoms with Crippen LogP contribution in [0.25, 0.3) is 10.8 Å². The number of benzene rings is 2. The second-order valence-corrected chi connectivity index (χ2v) is 11.6. The number of piperidine rings is 1. The zero-order chi connectivity index (χ0) is 25.1. The first kappa shape index (κ1) is 28.2. The number of unbranched alkanes of at least 4 members (excludes halogenated alkanes) is 4. The third kappa shape index (κ3) is 8.32. The van der Waals surface area contributed by atoms with E-state index in [9.17, 15) is 5.11 Å². The van der Waals surface area contributed by atoms with E-state index in [0.717, 1.165) is 44.6 Å². The van der Waals surface area contributed by atoms with Gasteiger partial charge >= 0.3 is 0 Å². The zero-order valence-corrected chi connectivity index (χ0v) is 23.3. The molecule has 1 saturated carbocycles. The first-order chi connectivity index (χ1) is 17.0. The van der Waals surface area contributed by atoms with Gasteiger partial charge in [-0.3, -0.25) is 0 Å². The SMILES string of the molecule is CCCCCCC.CCc1ccc2cc(C(CN3CCC(C)CC3)C3(O)CCCCC3)ccc2c1. The second-order valence-electron chi connectivity index (χ2n) is 11.6. The summed E-state index contributed by atoms with van der Waals surface area (Å²) < 4.78 is 0. The molecule has 1 aliphatic heterocycles. The summed E-state index contributed by atoms with van der Waals surface area (Å²) >= 11 is 0. The van der Waals surface area contributed by atoms with Gasteiger partial charge in [0.05, 0.1) is 5.60 Å². The average molecular weight is 480 g/mol. The van der Waals surface area contributed by atoms with Gasteiger partial charge in [-0.1, -0.05) is 115 Å². The number of fused-ring (bicyclic) bond motifs is 1. The molecule has 35 heavy (non-hydrogen) atoms. The van der Waals surface area contributed by atoms with Gasteiger partial charge in [-0.15, -0.1) is 0 Å². The van der Waals surface area contributed by atoms with Crippen LogP contribution in [0.1, 0.15) is 122 Å². The smallest absolute Gasteiger partial charge is 0.0728 e. The van der Waals surface area contributed by atoms with E-state index in [4.69, 9.17) is 0 Å². The summed E-state index contributed by atoms with van der Waals surface area (Å²) in [5.74, 6) is 1.07. The summed E-state index contributed by atoms with van der Waals surface area (Å²) in [4.78, 5) is 2.61. The van der Waals surface area contributed by atoms with Crippen LogP contribution in [0.3, 0.4) is 0 Å². The molecule has 0 aromatic heterocycles. The Bertz CT molecular complexity index is 857. The Labute approximate surface area is 216 Å². The largest absolute Gasteiger partial charge is 0.389 e. The van der Waals surface area contributed by atoms with Crippen molar-refractivity contribution < 1.29 is 5.11 Å². The molecule has 1 atom stereocenters. The number of hydrogen-bond acceptors (Lipinski definition) is 2. The molecule has 2 nitrogen and oxygen atoms in total. The number of aliphatic hydroxyl groups is 1. The van der Waals surface area contributed by atoms with Gasteiger partial charge in [0, 0.05) is 12.5 Å². The molecule has 2 heteroatoms. The summed E-state index contributed by atoms with van der Waals surface area (Å²) in [6, 6.07) is 13.8. The predicted octanol–water partition coefficient (Wildman–Crippen LogP) is 8.89. The molecule has 2 aromatic carbocycles. The van der Waals surface area contributed by atoms with E-state index in [1.54, 1.807) is 0 Å². The molecular weight excluding hydrogens is 426 g/mol. The monoisotopic (exact) mass is 479 g/mol. The molecule has 2 aromatic rings. The standard InChI is InChI=1S/C26H37NO.C7H16/c1-3-21-7-8-23-18-24(10-9-22(23)17-21)25(26(28)13-5-4-6-14-26)19-27-15-11-20(2)12-16-27;1-3-5-7-6-4-2/h7-10,17-18,20,25,28H,3-6,11-16,19H2,1-2H3;3-7H2,1-2H3. The van der Waals surface area contributed by atoms with Gasteiger partial charge in [-0.05, 0) is 73.0 Å².